The summed E-state index contributed by atoms with van der Waals surface area (Å²) in [5.41, 5.74) is 1.54. The summed E-state index contributed by atoms with van der Waals surface area (Å²) in [4.78, 5) is 11.0. The van der Waals surface area contributed by atoms with Gasteiger partial charge in [0.2, 0.25) is 5.91 Å². The predicted molar refractivity (Wildman–Crippen MR) is 63.0 cm³/mol. The number of anilines is 1. The van der Waals surface area contributed by atoms with Crippen molar-refractivity contribution in [3.63, 3.8) is 0 Å². The van der Waals surface area contributed by atoms with Crippen molar-refractivity contribution in [3.05, 3.63) is 29.6 Å². The highest BCUT2D eigenvalue weighted by atomic mass is 19.1. The molecular weight excluding hydrogens is 207 g/mol. The van der Waals surface area contributed by atoms with Crippen molar-refractivity contribution in [3.8, 4) is 0 Å². The molecular formula is C12H17FN2O. The predicted octanol–water partition coefficient (Wildman–Crippen LogP) is 1.94. The molecule has 0 atom stereocenters. The maximum absolute atomic E-state index is 13.1. The fourth-order valence-electron chi connectivity index (χ4n) is 1.54. The first-order valence-corrected chi connectivity index (χ1v) is 5.34. The van der Waals surface area contributed by atoms with Crippen LogP contribution in [-0.2, 0) is 11.2 Å². The molecule has 0 spiro atoms. The maximum Gasteiger partial charge on any atom is 0.221 e. The van der Waals surface area contributed by atoms with Crippen LogP contribution in [-0.4, -0.2) is 19.5 Å². The minimum absolute atomic E-state index is 0.138. The van der Waals surface area contributed by atoms with Gasteiger partial charge in [0.1, 0.15) is 5.82 Å². The highest BCUT2D eigenvalue weighted by molar-refractivity contribution is 5.89. The number of amides is 1. The number of halogens is 1. The van der Waals surface area contributed by atoms with Gasteiger partial charge in [-0.05, 0) is 50.2 Å². The number of hydrogen-bond donors (Lipinski definition) is 2. The highest BCUT2D eigenvalue weighted by Gasteiger charge is 2.05. The third kappa shape index (κ3) is 3.98. The van der Waals surface area contributed by atoms with Gasteiger partial charge in [0.15, 0.2) is 0 Å². The Balaban J connectivity index is 2.76. The van der Waals surface area contributed by atoms with Gasteiger partial charge in [-0.1, -0.05) is 0 Å². The van der Waals surface area contributed by atoms with Gasteiger partial charge in [-0.25, -0.2) is 4.39 Å². The van der Waals surface area contributed by atoms with E-state index in [-0.39, 0.29) is 11.7 Å². The molecule has 0 aliphatic carbocycles. The summed E-state index contributed by atoms with van der Waals surface area (Å²) in [6, 6.07) is 4.43. The third-order valence-electron chi connectivity index (χ3n) is 2.25. The molecule has 0 radical (unpaired) electrons. The Hall–Kier alpha value is -1.42. The molecule has 0 saturated heterocycles. The maximum atomic E-state index is 13.1. The number of nitrogens with one attached hydrogen (secondary N) is 2. The van der Waals surface area contributed by atoms with Gasteiger partial charge in [-0.2, -0.15) is 0 Å². The van der Waals surface area contributed by atoms with Crippen molar-refractivity contribution in [2.45, 2.75) is 19.8 Å². The number of benzene rings is 1. The van der Waals surface area contributed by atoms with E-state index >= 15 is 0 Å². The average Bonchev–Trinajstić information content (AvgIpc) is 2.22. The van der Waals surface area contributed by atoms with E-state index in [0.717, 1.165) is 24.9 Å². The van der Waals surface area contributed by atoms with Crippen molar-refractivity contribution in [1.82, 2.24) is 5.32 Å². The zero-order valence-electron chi connectivity index (χ0n) is 9.64. The quantitative estimate of drug-likeness (QED) is 0.750. The van der Waals surface area contributed by atoms with Crippen molar-refractivity contribution >= 4 is 11.6 Å². The first-order valence-electron chi connectivity index (χ1n) is 5.34. The number of carbonyl (C=O) groups is 1. The van der Waals surface area contributed by atoms with Crippen LogP contribution in [0.3, 0.4) is 0 Å². The Labute approximate surface area is 95.0 Å². The molecule has 0 aliphatic rings. The summed E-state index contributed by atoms with van der Waals surface area (Å²) in [7, 11) is 1.88. The molecule has 0 fully saturated rings. The van der Waals surface area contributed by atoms with E-state index in [1.165, 1.54) is 19.1 Å². The van der Waals surface area contributed by atoms with Gasteiger partial charge in [-0.15, -0.1) is 0 Å². The molecule has 1 aromatic rings. The topological polar surface area (TPSA) is 41.1 Å². The lowest BCUT2D eigenvalue weighted by molar-refractivity contribution is -0.114. The second-order valence-corrected chi connectivity index (χ2v) is 3.69. The van der Waals surface area contributed by atoms with Crippen molar-refractivity contribution < 1.29 is 9.18 Å². The summed E-state index contributed by atoms with van der Waals surface area (Å²) < 4.78 is 13.1. The summed E-state index contributed by atoms with van der Waals surface area (Å²) >= 11 is 0. The lowest BCUT2D eigenvalue weighted by Crippen LogP contribution is -2.11. The first-order chi connectivity index (χ1) is 7.63. The monoisotopic (exact) mass is 224 g/mol. The van der Waals surface area contributed by atoms with Gasteiger partial charge in [0, 0.05) is 12.6 Å². The molecule has 1 rings (SSSR count). The molecule has 0 heterocycles. The van der Waals surface area contributed by atoms with Crippen LogP contribution in [0.2, 0.25) is 0 Å². The molecule has 0 bridgehead atoms. The van der Waals surface area contributed by atoms with Crippen molar-refractivity contribution in [2.75, 3.05) is 18.9 Å². The summed E-state index contributed by atoms with van der Waals surface area (Å²) in [5, 5.41) is 5.73. The standard InChI is InChI=1S/C12H17FN2O/c1-9(16)15-12-6-5-11(13)8-10(12)4-3-7-14-2/h5-6,8,14H,3-4,7H2,1-2H3,(H,15,16). The summed E-state index contributed by atoms with van der Waals surface area (Å²) in [6.07, 6.45) is 1.65. The van der Waals surface area contributed by atoms with Crippen LogP contribution in [0, 0.1) is 5.82 Å². The number of aryl methyl sites for hydroxylation is 1. The highest BCUT2D eigenvalue weighted by Crippen LogP contribution is 2.18. The number of carbonyl (C=O) groups excluding carboxylic acids is 1. The van der Waals surface area contributed by atoms with E-state index in [9.17, 15) is 9.18 Å². The van der Waals surface area contributed by atoms with Crippen LogP contribution in [0.1, 0.15) is 18.9 Å². The molecule has 2 N–H and O–H groups in total. The van der Waals surface area contributed by atoms with E-state index in [1.807, 2.05) is 7.05 Å². The molecule has 1 amide bonds. The summed E-state index contributed by atoms with van der Waals surface area (Å²) in [5.74, 6) is -0.407. The van der Waals surface area contributed by atoms with E-state index in [2.05, 4.69) is 10.6 Å². The zero-order valence-corrected chi connectivity index (χ0v) is 9.64. The molecule has 0 aliphatic heterocycles. The molecule has 4 heteroatoms. The fraction of sp³-hybridized carbons (Fsp3) is 0.417. The number of rotatable bonds is 5. The van der Waals surface area contributed by atoms with Gasteiger partial charge < -0.3 is 10.6 Å². The van der Waals surface area contributed by atoms with Gasteiger partial charge in [0.25, 0.3) is 0 Å². The van der Waals surface area contributed by atoms with Crippen LogP contribution in [0.5, 0.6) is 0 Å². The van der Waals surface area contributed by atoms with E-state index in [4.69, 9.17) is 0 Å². The average molecular weight is 224 g/mol. The van der Waals surface area contributed by atoms with Gasteiger partial charge in [0.05, 0.1) is 0 Å². The molecule has 0 unspecified atom stereocenters. The van der Waals surface area contributed by atoms with E-state index < -0.39 is 0 Å². The first kappa shape index (κ1) is 12.6. The lowest BCUT2D eigenvalue weighted by atomic mass is 10.1. The third-order valence-corrected chi connectivity index (χ3v) is 2.25. The second-order valence-electron chi connectivity index (χ2n) is 3.69. The fourth-order valence-corrected chi connectivity index (χ4v) is 1.54. The number of hydrogen-bond acceptors (Lipinski definition) is 2. The minimum atomic E-state index is -0.270. The smallest absolute Gasteiger partial charge is 0.221 e. The Bertz CT molecular complexity index is 366. The molecule has 0 aromatic heterocycles. The summed E-state index contributed by atoms with van der Waals surface area (Å²) in [6.45, 7) is 2.32. The minimum Gasteiger partial charge on any atom is -0.326 e. The van der Waals surface area contributed by atoms with Crippen molar-refractivity contribution in [2.24, 2.45) is 0 Å². The Kier molecular flexibility index (Phi) is 4.92. The van der Waals surface area contributed by atoms with Crippen LogP contribution < -0.4 is 10.6 Å². The van der Waals surface area contributed by atoms with Gasteiger partial charge in [-0.3, -0.25) is 4.79 Å². The second kappa shape index (κ2) is 6.23. The molecule has 1 aromatic carbocycles. The molecule has 16 heavy (non-hydrogen) atoms. The molecule has 3 nitrogen and oxygen atoms in total. The molecule has 88 valence electrons. The van der Waals surface area contributed by atoms with Crippen molar-refractivity contribution in [1.29, 1.82) is 0 Å². The molecule has 0 saturated carbocycles. The van der Waals surface area contributed by atoms with Crippen LogP contribution in [0.4, 0.5) is 10.1 Å². The Morgan fingerprint density at radius 3 is 2.81 bits per heavy atom. The SMILES string of the molecule is CNCCCc1cc(F)ccc1NC(C)=O. The lowest BCUT2D eigenvalue weighted by Gasteiger charge is -2.09. The Morgan fingerprint density at radius 1 is 1.44 bits per heavy atom. The van der Waals surface area contributed by atoms with E-state index in [0.29, 0.717) is 5.69 Å². The van der Waals surface area contributed by atoms with Gasteiger partial charge >= 0.3 is 0 Å². The Morgan fingerprint density at radius 2 is 2.19 bits per heavy atom. The van der Waals surface area contributed by atoms with Crippen LogP contribution in [0.25, 0.3) is 0 Å². The zero-order chi connectivity index (χ0) is 12.0. The van der Waals surface area contributed by atoms with E-state index in [1.54, 1.807) is 6.07 Å². The largest absolute Gasteiger partial charge is 0.326 e. The normalized spacial score (nSPS) is 10.2. The van der Waals surface area contributed by atoms with Crippen LogP contribution >= 0.6 is 0 Å². The van der Waals surface area contributed by atoms with Crippen LogP contribution in [0.15, 0.2) is 18.2 Å².